The average molecular weight is 195 g/mol. The van der Waals surface area contributed by atoms with Crippen molar-refractivity contribution >= 4 is 0 Å². The largest absolute Gasteiger partial charge is 0.335 e. The lowest BCUT2D eigenvalue weighted by Crippen LogP contribution is -2.15. The summed E-state index contributed by atoms with van der Waals surface area (Å²) in [6, 6.07) is 0. The molecule has 0 fully saturated rings. The van der Waals surface area contributed by atoms with Crippen LogP contribution < -0.4 is 0 Å². The Morgan fingerprint density at radius 1 is 1.43 bits per heavy atom. The van der Waals surface area contributed by atoms with Crippen LogP contribution in [0.5, 0.6) is 0 Å². The van der Waals surface area contributed by atoms with E-state index in [0.717, 1.165) is 19.5 Å². The lowest BCUT2D eigenvalue weighted by molar-refractivity contribution is 0.384. The van der Waals surface area contributed by atoms with E-state index in [1.54, 1.807) is 0 Å². The minimum absolute atomic E-state index is 1.09. The Morgan fingerprint density at radius 2 is 2.21 bits per heavy atom. The van der Waals surface area contributed by atoms with Crippen LogP contribution in [0.4, 0.5) is 0 Å². The highest BCUT2D eigenvalue weighted by Crippen LogP contribution is 2.02. The molecule has 0 saturated heterocycles. The first-order valence-electron chi connectivity index (χ1n) is 5.38. The van der Waals surface area contributed by atoms with E-state index in [-0.39, 0.29) is 0 Å². The molecule has 0 aliphatic rings. The SMILES string of the molecule is CCCc1nccn1CCCN(C)C. The van der Waals surface area contributed by atoms with Gasteiger partial charge in [0.1, 0.15) is 5.82 Å². The molecule has 0 aliphatic heterocycles. The molecule has 0 amide bonds. The number of rotatable bonds is 6. The molecule has 1 aromatic heterocycles. The molecule has 1 rings (SSSR count). The van der Waals surface area contributed by atoms with Crippen LogP contribution in [0.1, 0.15) is 25.6 Å². The quantitative estimate of drug-likeness (QED) is 0.690. The maximum Gasteiger partial charge on any atom is 0.108 e. The van der Waals surface area contributed by atoms with Crippen molar-refractivity contribution in [2.45, 2.75) is 32.7 Å². The summed E-state index contributed by atoms with van der Waals surface area (Å²) in [5.74, 6) is 1.23. The third kappa shape index (κ3) is 3.50. The summed E-state index contributed by atoms with van der Waals surface area (Å²) in [6.07, 6.45) is 7.45. The fraction of sp³-hybridized carbons (Fsp3) is 0.727. The van der Waals surface area contributed by atoms with Gasteiger partial charge in [-0.05, 0) is 33.5 Å². The molecule has 0 saturated carbocycles. The first-order valence-corrected chi connectivity index (χ1v) is 5.38. The van der Waals surface area contributed by atoms with Crippen LogP contribution in [0.25, 0.3) is 0 Å². The third-order valence-corrected chi connectivity index (χ3v) is 2.28. The van der Waals surface area contributed by atoms with Crippen molar-refractivity contribution in [2.24, 2.45) is 0 Å². The van der Waals surface area contributed by atoms with Gasteiger partial charge in [0.05, 0.1) is 0 Å². The number of hydrogen-bond donors (Lipinski definition) is 0. The van der Waals surface area contributed by atoms with Crippen molar-refractivity contribution in [2.75, 3.05) is 20.6 Å². The molecule has 0 aliphatic carbocycles. The van der Waals surface area contributed by atoms with Crippen LogP contribution in [0.15, 0.2) is 12.4 Å². The van der Waals surface area contributed by atoms with Gasteiger partial charge in [0.2, 0.25) is 0 Å². The second kappa shape index (κ2) is 5.81. The number of nitrogens with zero attached hydrogens (tertiary/aromatic N) is 3. The Hall–Kier alpha value is -0.830. The highest BCUT2D eigenvalue weighted by Gasteiger charge is 2.00. The van der Waals surface area contributed by atoms with Crippen molar-refractivity contribution < 1.29 is 0 Å². The van der Waals surface area contributed by atoms with Crippen LogP contribution in [-0.4, -0.2) is 35.1 Å². The lowest BCUT2D eigenvalue weighted by Gasteiger charge is -2.11. The topological polar surface area (TPSA) is 21.1 Å². The number of hydrogen-bond acceptors (Lipinski definition) is 2. The van der Waals surface area contributed by atoms with Gasteiger partial charge in [-0.25, -0.2) is 4.98 Å². The summed E-state index contributed by atoms with van der Waals surface area (Å²) in [6.45, 7) is 4.43. The Morgan fingerprint density at radius 3 is 2.86 bits per heavy atom. The van der Waals surface area contributed by atoms with Crippen molar-refractivity contribution in [3.8, 4) is 0 Å². The minimum Gasteiger partial charge on any atom is -0.335 e. The summed E-state index contributed by atoms with van der Waals surface area (Å²) >= 11 is 0. The fourth-order valence-corrected chi connectivity index (χ4v) is 1.55. The standard InChI is InChI=1S/C11H21N3/c1-4-6-11-12-7-10-14(11)9-5-8-13(2)3/h7,10H,4-6,8-9H2,1-3H3. The molecule has 0 N–H and O–H groups in total. The zero-order chi connectivity index (χ0) is 10.4. The summed E-state index contributed by atoms with van der Waals surface area (Å²) < 4.78 is 2.27. The van der Waals surface area contributed by atoms with E-state index in [0.29, 0.717) is 0 Å². The predicted molar refractivity (Wildman–Crippen MR) is 59.4 cm³/mol. The molecular formula is C11H21N3. The molecule has 0 atom stereocenters. The molecule has 14 heavy (non-hydrogen) atoms. The van der Waals surface area contributed by atoms with E-state index < -0.39 is 0 Å². The molecule has 3 nitrogen and oxygen atoms in total. The highest BCUT2D eigenvalue weighted by molar-refractivity contribution is 4.92. The highest BCUT2D eigenvalue weighted by atomic mass is 15.1. The maximum atomic E-state index is 4.35. The van der Waals surface area contributed by atoms with Crippen molar-refractivity contribution in [3.63, 3.8) is 0 Å². The minimum atomic E-state index is 1.09. The fourth-order valence-electron chi connectivity index (χ4n) is 1.55. The van der Waals surface area contributed by atoms with Crippen LogP contribution >= 0.6 is 0 Å². The Bertz CT molecular complexity index is 253. The molecule has 0 bridgehead atoms. The molecule has 1 heterocycles. The first-order chi connectivity index (χ1) is 6.74. The molecule has 0 radical (unpaired) electrons. The van der Waals surface area contributed by atoms with Crippen LogP contribution in [0, 0.1) is 0 Å². The van der Waals surface area contributed by atoms with Crippen LogP contribution in [0.2, 0.25) is 0 Å². The van der Waals surface area contributed by atoms with Gasteiger partial charge >= 0.3 is 0 Å². The van der Waals surface area contributed by atoms with E-state index in [1.165, 1.54) is 18.7 Å². The molecule has 0 spiro atoms. The molecule has 0 unspecified atom stereocenters. The second-order valence-corrected chi connectivity index (χ2v) is 3.94. The first kappa shape index (κ1) is 11.2. The van der Waals surface area contributed by atoms with Gasteiger partial charge in [-0.1, -0.05) is 6.92 Å². The zero-order valence-corrected chi connectivity index (χ0v) is 9.53. The maximum absolute atomic E-state index is 4.35. The molecule has 0 aromatic carbocycles. The van der Waals surface area contributed by atoms with Crippen LogP contribution in [0.3, 0.4) is 0 Å². The molecule has 1 aromatic rings. The Balaban J connectivity index is 2.37. The van der Waals surface area contributed by atoms with Gasteiger partial charge in [0.25, 0.3) is 0 Å². The van der Waals surface area contributed by atoms with Gasteiger partial charge in [0, 0.05) is 25.4 Å². The molecule has 3 heteroatoms. The number of aryl methyl sites for hydroxylation is 2. The monoisotopic (exact) mass is 195 g/mol. The van der Waals surface area contributed by atoms with E-state index in [2.05, 4.69) is 41.7 Å². The Kier molecular flexibility index (Phi) is 4.66. The van der Waals surface area contributed by atoms with E-state index in [1.807, 2.05) is 6.20 Å². The van der Waals surface area contributed by atoms with E-state index in [4.69, 9.17) is 0 Å². The lowest BCUT2D eigenvalue weighted by atomic mass is 10.3. The normalized spacial score (nSPS) is 11.1. The third-order valence-electron chi connectivity index (χ3n) is 2.28. The zero-order valence-electron chi connectivity index (χ0n) is 9.53. The van der Waals surface area contributed by atoms with Crippen molar-refractivity contribution in [3.05, 3.63) is 18.2 Å². The number of imidazole rings is 1. The summed E-state index contributed by atoms with van der Waals surface area (Å²) in [5.41, 5.74) is 0. The average Bonchev–Trinajstić information content (AvgIpc) is 2.53. The summed E-state index contributed by atoms with van der Waals surface area (Å²) in [5, 5.41) is 0. The van der Waals surface area contributed by atoms with Gasteiger partial charge < -0.3 is 9.47 Å². The summed E-state index contributed by atoms with van der Waals surface area (Å²) in [7, 11) is 4.22. The van der Waals surface area contributed by atoms with Gasteiger partial charge in [-0.15, -0.1) is 0 Å². The van der Waals surface area contributed by atoms with E-state index in [9.17, 15) is 0 Å². The predicted octanol–water partition coefficient (Wildman–Crippen LogP) is 1.79. The molecular weight excluding hydrogens is 174 g/mol. The number of aromatic nitrogens is 2. The van der Waals surface area contributed by atoms with Gasteiger partial charge in [-0.2, -0.15) is 0 Å². The smallest absolute Gasteiger partial charge is 0.108 e. The van der Waals surface area contributed by atoms with Crippen molar-refractivity contribution in [1.29, 1.82) is 0 Å². The van der Waals surface area contributed by atoms with E-state index >= 15 is 0 Å². The second-order valence-electron chi connectivity index (χ2n) is 3.94. The summed E-state index contributed by atoms with van der Waals surface area (Å²) in [4.78, 5) is 6.57. The molecule has 80 valence electrons. The Labute approximate surface area is 86.7 Å². The van der Waals surface area contributed by atoms with Crippen molar-refractivity contribution in [1.82, 2.24) is 14.5 Å². The van der Waals surface area contributed by atoms with Gasteiger partial charge in [-0.3, -0.25) is 0 Å². The van der Waals surface area contributed by atoms with Crippen LogP contribution in [-0.2, 0) is 13.0 Å². The van der Waals surface area contributed by atoms with Gasteiger partial charge in [0.15, 0.2) is 0 Å².